The number of rotatable bonds is 7. The quantitative estimate of drug-likeness (QED) is 0.542. The average molecular weight is 495 g/mol. The van der Waals surface area contributed by atoms with E-state index < -0.39 is 32.1 Å². The molecule has 0 aromatic heterocycles. The van der Waals surface area contributed by atoms with Crippen molar-refractivity contribution >= 4 is 37.4 Å². The minimum absolute atomic E-state index is 0.0319. The molecule has 2 aromatic carbocycles. The Hall–Kier alpha value is -2.63. The zero-order chi connectivity index (χ0) is 23.6. The van der Waals surface area contributed by atoms with Crippen molar-refractivity contribution in [3.8, 4) is 0 Å². The molecule has 2 aromatic rings. The fraction of sp³-hybridized carbons (Fsp3) is 0.409. The normalized spacial score (nSPS) is 21.3. The van der Waals surface area contributed by atoms with Crippen LogP contribution in [0.2, 0.25) is 0 Å². The molecule has 11 heteroatoms. The molecule has 0 spiro atoms. The number of benzene rings is 2. The summed E-state index contributed by atoms with van der Waals surface area (Å²) in [7, 11) is -6.01. The lowest BCUT2D eigenvalue weighted by molar-refractivity contribution is 0.0601. The topological polar surface area (TPSA) is 110 Å². The van der Waals surface area contributed by atoms with E-state index in [9.17, 15) is 21.6 Å². The highest BCUT2D eigenvalue weighted by atomic mass is 32.2. The van der Waals surface area contributed by atoms with Crippen molar-refractivity contribution in [1.82, 2.24) is 0 Å². The third-order valence-electron chi connectivity index (χ3n) is 5.77. The van der Waals surface area contributed by atoms with Crippen molar-refractivity contribution in [2.45, 2.75) is 25.5 Å². The Morgan fingerprint density at radius 2 is 1.79 bits per heavy atom. The molecular weight excluding hydrogens is 468 g/mol. The highest BCUT2D eigenvalue weighted by Crippen LogP contribution is 2.36. The van der Waals surface area contributed by atoms with Crippen LogP contribution in [0.25, 0.3) is 0 Å². The van der Waals surface area contributed by atoms with E-state index in [2.05, 4.69) is 0 Å². The summed E-state index contributed by atoms with van der Waals surface area (Å²) >= 11 is 0. The third kappa shape index (κ3) is 4.85. The van der Waals surface area contributed by atoms with Crippen LogP contribution < -0.4 is 8.61 Å². The van der Waals surface area contributed by atoms with Crippen LogP contribution in [0.5, 0.6) is 0 Å². The third-order valence-corrected chi connectivity index (χ3v) is 9.49. The Morgan fingerprint density at radius 1 is 1.03 bits per heavy atom. The maximum absolute atomic E-state index is 12.9. The van der Waals surface area contributed by atoms with Gasteiger partial charge >= 0.3 is 5.97 Å². The fourth-order valence-electron chi connectivity index (χ4n) is 4.19. The van der Waals surface area contributed by atoms with Gasteiger partial charge in [0, 0.05) is 6.54 Å². The lowest BCUT2D eigenvalue weighted by Crippen LogP contribution is -2.36. The first-order valence-electron chi connectivity index (χ1n) is 10.6. The number of nitrogens with zero attached hydrogens (tertiary/aromatic N) is 2. The molecular formula is C22H26N2O7S2. The highest BCUT2D eigenvalue weighted by Gasteiger charge is 2.39. The van der Waals surface area contributed by atoms with Crippen molar-refractivity contribution < 1.29 is 31.1 Å². The molecule has 0 unspecified atom stereocenters. The zero-order valence-electron chi connectivity index (χ0n) is 18.2. The first kappa shape index (κ1) is 23.5. The molecule has 2 heterocycles. The Morgan fingerprint density at radius 3 is 2.45 bits per heavy atom. The highest BCUT2D eigenvalue weighted by molar-refractivity contribution is 7.93. The van der Waals surface area contributed by atoms with Crippen molar-refractivity contribution in [3.05, 3.63) is 59.7 Å². The van der Waals surface area contributed by atoms with Gasteiger partial charge in [0.2, 0.25) is 20.0 Å². The maximum Gasteiger partial charge on any atom is 0.340 e. The fourth-order valence-corrected chi connectivity index (χ4v) is 7.59. The van der Waals surface area contributed by atoms with Gasteiger partial charge in [-0.15, -0.1) is 0 Å². The summed E-state index contributed by atoms with van der Waals surface area (Å²) in [4.78, 5) is 12.3. The van der Waals surface area contributed by atoms with E-state index in [1.165, 1.54) is 29.6 Å². The average Bonchev–Trinajstić information content (AvgIpc) is 3.30. The Bertz CT molecular complexity index is 1230. The van der Waals surface area contributed by atoms with Crippen molar-refractivity contribution in [1.29, 1.82) is 0 Å². The van der Waals surface area contributed by atoms with E-state index in [0.717, 1.165) is 9.87 Å². The van der Waals surface area contributed by atoms with Crippen LogP contribution in [0.15, 0.2) is 48.5 Å². The molecule has 0 amide bonds. The lowest BCUT2D eigenvalue weighted by Gasteiger charge is -2.27. The van der Waals surface area contributed by atoms with Gasteiger partial charge in [-0.05, 0) is 36.6 Å². The second kappa shape index (κ2) is 9.32. The van der Waals surface area contributed by atoms with Crippen LogP contribution in [-0.4, -0.2) is 60.6 Å². The van der Waals surface area contributed by atoms with Gasteiger partial charge in [-0.2, -0.15) is 0 Å². The summed E-state index contributed by atoms with van der Waals surface area (Å²) in [6.45, 7) is 0.750. The van der Waals surface area contributed by atoms with Crippen LogP contribution in [0.3, 0.4) is 0 Å². The molecule has 2 saturated heterocycles. The summed E-state index contributed by atoms with van der Waals surface area (Å²) in [6, 6.07) is 13.5. The summed E-state index contributed by atoms with van der Waals surface area (Å²) in [5.41, 5.74) is 1.47. The molecule has 0 bridgehead atoms. The molecule has 33 heavy (non-hydrogen) atoms. The molecule has 4 rings (SSSR count). The molecule has 9 nitrogen and oxygen atoms in total. The SMILES string of the molecule is COC(=O)c1ccc(N2[C@H](COCc3ccccc3)CCS2(=O)=O)cc1N1CCCS1(=O)=O. The van der Waals surface area contributed by atoms with Crippen LogP contribution in [0.1, 0.15) is 28.8 Å². The molecule has 0 aliphatic carbocycles. The van der Waals surface area contributed by atoms with Crippen molar-refractivity contribution in [3.63, 3.8) is 0 Å². The van der Waals surface area contributed by atoms with Gasteiger partial charge < -0.3 is 9.47 Å². The predicted octanol–water partition coefficient (Wildman–Crippen LogP) is 2.14. The Balaban J connectivity index is 1.65. The van der Waals surface area contributed by atoms with Crippen LogP contribution in [-0.2, 0) is 36.1 Å². The van der Waals surface area contributed by atoms with E-state index in [-0.39, 0.29) is 35.9 Å². The number of methoxy groups -OCH3 is 1. The second-order valence-corrected chi connectivity index (χ2v) is 12.0. The van der Waals surface area contributed by atoms with Gasteiger partial charge in [0.15, 0.2) is 0 Å². The van der Waals surface area contributed by atoms with E-state index in [0.29, 0.717) is 25.1 Å². The first-order chi connectivity index (χ1) is 15.7. The van der Waals surface area contributed by atoms with Gasteiger partial charge in [0.1, 0.15) is 0 Å². The number of sulfonamides is 2. The van der Waals surface area contributed by atoms with E-state index in [1.54, 1.807) is 0 Å². The van der Waals surface area contributed by atoms with Crippen LogP contribution >= 0.6 is 0 Å². The van der Waals surface area contributed by atoms with Gasteiger partial charge in [-0.3, -0.25) is 8.61 Å². The second-order valence-electron chi connectivity index (χ2n) is 7.99. The summed E-state index contributed by atoms with van der Waals surface area (Å²) in [5.74, 6) is -0.760. The molecule has 2 fully saturated rings. The van der Waals surface area contributed by atoms with Crippen LogP contribution in [0, 0.1) is 0 Å². The largest absolute Gasteiger partial charge is 0.465 e. The predicted molar refractivity (Wildman–Crippen MR) is 124 cm³/mol. The summed E-state index contributed by atoms with van der Waals surface area (Å²) < 4.78 is 63.9. The first-order valence-corrected chi connectivity index (χ1v) is 13.8. The number of hydrogen-bond acceptors (Lipinski definition) is 7. The van der Waals surface area contributed by atoms with E-state index >= 15 is 0 Å². The zero-order valence-corrected chi connectivity index (χ0v) is 19.8. The monoisotopic (exact) mass is 494 g/mol. The number of esters is 1. The Kier molecular flexibility index (Phi) is 6.64. The minimum Gasteiger partial charge on any atom is -0.465 e. The standard InChI is InChI=1S/C22H26N2O7S2/c1-30-22(25)20-9-8-18(14-21(20)23-11-5-12-32(23,26)27)24-19(10-13-33(24,28)29)16-31-15-17-6-3-2-4-7-17/h2-4,6-9,14,19H,5,10-13,15-16H2,1H3/t19-/m0/s1. The van der Waals surface area contributed by atoms with Gasteiger partial charge in [-0.1, -0.05) is 30.3 Å². The van der Waals surface area contributed by atoms with E-state index in [4.69, 9.17) is 9.47 Å². The minimum atomic E-state index is -3.62. The number of carbonyl (C=O) groups excluding carboxylic acids is 1. The molecule has 0 saturated carbocycles. The van der Waals surface area contributed by atoms with E-state index in [1.807, 2.05) is 30.3 Å². The number of ether oxygens (including phenoxy) is 2. The smallest absolute Gasteiger partial charge is 0.340 e. The van der Waals surface area contributed by atoms with Gasteiger partial charge in [-0.25, -0.2) is 21.6 Å². The number of hydrogen-bond donors (Lipinski definition) is 0. The van der Waals surface area contributed by atoms with Crippen molar-refractivity contribution in [2.75, 3.05) is 40.4 Å². The summed E-state index contributed by atoms with van der Waals surface area (Å²) in [5, 5.41) is 0. The number of carbonyl (C=O) groups is 1. The molecule has 2 aliphatic rings. The summed E-state index contributed by atoms with van der Waals surface area (Å²) in [6.07, 6.45) is 0.804. The molecule has 1 atom stereocenters. The van der Waals surface area contributed by atoms with Crippen LogP contribution in [0.4, 0.5) is 11.4 Å². The lowest BCUT2D eigenvalue weighted by atomic mass is 10.1. The Labute approximate surface area is 194 Å². The molecule has 0 N–H and O–H groups in total. The molecule has 2 aliphatic heterocycles. The van der Waals surface area contributed by atoms with Gasteiger partial charge in [0.25, 0.3) is 0 Å². The molecule has 0 radical (unpaired) electrons. The molecule has 178 valence electrons. The maximum atomic E-state index is 12.9. The number of anilines is 2. The van der Waals surface area contributed by atoms with Gasteiger partial charge in [0.05, 0.1) is 54.8 Å². The van der Waals surface area contributed by atoms with Crippen molar-refractivity contribution in [2.24, 2.45) is 0 Å².